The molecule has 11 heteroatoms. The minimum absolute atomic E-state index is 0.00655. The summed E-state index contributed by atoms with van der Waals surface area (Å²) in [5, 5.41) is 24.0. The smallest absolute Gasteiger partial charge is 0.255 e. The van der Waals surface area contributed by atoms with E-state index in [9.17, 15) is 14.7 Å². The molecule has 0 spiro atoms. The number of aliphatic hydroxyl groups is 1. The normalized spacial score (nSPS) is 18.3. The number of aromatic nitrogens is 4. The molecule has 2 amide bonds. The predicted octanol–water partition coefficient (Wildman–Crippen LogP) is 3.19. The monoisotopic (exact) mass is 513 g/mol. The zero-order valence-corrected chi connectivity index (χ0v) is 21.6. The quantitative estimate of drug-likeness (QED) is 0.381. The molecule has 1 aliphatic rings. The van der Waals surface area contributed by atoms with Gasteiger partial charge in [0.2, 0.25) is 0 Å². The number of nitrogens with zero attached hydrogens (tertiary/aromatic N) is 4. The van der Waals surface area contributed by atoms with Crippen molar-refractivity contribution in [1.82, 2.24) is 30.2 Å². The van der Waals surface area contributed by atoms with E-state index in [2.05, 4.69) is 31.0 Å². The van der Waals surface area contributed by atoms with Crippen LogP contribution in [0.4, 0.5) is 5.69 Å². The first-order valence-corrected chi connectivity index (χ1v) is 12.5. The summed E-state index contributed by atoms with van der Waals surface area (Å²) < 4.78 is 1.59. The third-order valence-corrected chi connectivity index (χ3v) is 6.34. The van der Waals surface area contributed by atoms with Crippen LogP contribution in [0.1, 0.15) is 63.7 Å². The molecule has 0 saturated heterocycles. The van der Waals surface area contributed by atoms with E-state index in [0.717, 1.165) is 31.2 Å². The summed E-state index contributed by atoms with van der Waals surface area (Å²) in [6.07, 6.45) is 9.41. The number of nitrogens with one attached hydrogen (secondary N) is 3. The molecular formula is C25H32ClN7O3. The van der Waals surface area contributed by atoms with Crippen LogP contribution in [-0.2, 0) is 4.79 Å². The number of pyridine rings is 1. The molecule has 0 bridgehead atoms. The Hall–Kier alpha value is -3.24. The maximum absolute atomic E-state index is 13.2. The Labute approximate surface area is 214 Å². The van der Waals surface area contributed by atoms with E-state index in [1.54, 1.807) is 29.3 Å². The first-order chi connectivity index (χ1) is 17.0. The highest BCUT2D eigenvalue weighted by atomic mass is 35.5. The van der Waals surface area contributed by atoms with E-state index in [-0.39, 0.29) is 29.9 Å². The minimum atomic E-state index is -1.41. The van der Waals surface area contributed by atoms with Gasteiger partial charge in [-0.05, 0) is 59.4 Å². The van der Waals surface area contributed by atoms with E-state index in [4.69, 9.17) is 11.6 Å². The number of halogens is 1. The van der Waals surface area contributed by atoms with Crippen molar-refractivity contribution in [2.45, 2.75) is 77.1 Å². The van der Waals surface area contributed by atoms with E-state index in [1.165, 1.54) is 13.8 Å². The molecule has 4 rings (SSSR count). The van der Waals surface area contributed by atoms with Crippen LogP contribution >= 0.6 is 11.6 Å². The van der Waals surface area contributed by atoms with E-state index in [0.29, 0.717) is 27.6 Å². The van der Waals surface area contributed by atoms with Gasteiger partial charge in [0.15, 0.2) is 5.65 Å². The molecule has 10 nitrogen and oxygen atoms in total. The van der Waals surface area contributed by atoms with Crippen molar-refractivity contribution in [1.29, 1.82) is 0 Å². The van der Waals surface area contributed by atoms with Gasteiger partial charge in [-0.1, -0.05) is 11.6 Å². The van der Waals surface area contributed by atoms with Gasteiger partial charge >= 0.3 is 0 Å². The summed E-state index contributed by atoms with van der Waals surface area (Å²) in [6.45, 7) is 6.95. The summed E-state index contributed by atoms with van der Waals surface area (Å²) in [4.78, 5) is 34.2. The van der Waals surface area contributed by atoms with E-state index < -0.39 is 5.60 Å². The molecule has 3 heterocycles. The number of anilines is 1. The Balaban J connectivity index is 1.47. The number of fused-ring (bicyclic) bond motifs is 1. The topological polar surface area (TPSA) is 134 Å². The van der Waals surface area contributed by atoms with Gasteiger partial charge in [0.1, 0.15) is 5.60 Å². The van der Waals surface area contributed by atoms with Crippen molar-refractivity contribution in [2.24, 2.45) is 0 Å². The molecule has 192 valence electrons. The van der Waals surface area contributed by atoms with Crippen LogP contribution in [0, 0.1) is 0 Å². The lowest BCUT2D eigenvalue weighted by molar-refractivity contribution is -0.137. The van der Waals surface area contributed by atoms with Crippen LogP contribution in [0.15, 0.2) is 30.9 Å². The summed E-state index contributed by atoms with van der Waals surface area (Å²) in [7, 11) is 0. The van der Waals surface area contributed by atoms with Crippen molar-refractivity contribution in [3.8, 4) is 11.3 Å². The van der Waals surface area contributed by atoms with Gasteiger partial charge < -0.3 is 21.1 Å². The lowest BCUT2D eigenvalue weighted by Gasteiger charge is -2.31. The summed E-state index contributed by atoms with van der Waals surface area (Å²) in [6, 6.07) is 1.92. The zero-order valence-electron chi connectivity index (χ0n) is 20.9. The van der Waals surface area contributed by atoms with Gasteiger partial charge in [0, 0.05) is 30.5 Å². The van der Waals surface area contributed by atoms with Gasteiger partial charge in [-0.2, -0.15) is 5.10 Å². The molecule has 0 radical (unpaired) electrons. The number of amides is 2. The minimum Gasteiger partial charge on any atom is -0.382 e. The van der Waals surface area contributed by atoms with Crippen LogP contribution in [-0.4, -0.2) is 60.2 Å². The second-order valence-electron chi connectivity index (χ2n) is 10.1. The highest BCUT2D eigenvalue weighted by molar-refractivity contribution is 6.30. The molecule has 36 heavy (non-hydrogen) atoms. The summed E-state index contributed by atoms with van der Waals surface area (Å²) >= 11 is 6.02. The standard InChI is InChI=1S/C25H32ClN7O3/c1-14(2)30-21-9-20(18-12-29-33-13-15(26)10-28-22(18)33)27-11-19(21)23(34)31-16-5-7-17(8-6-16)32-24(35)25(3,4)36/h9-14,16-17,36H,5-8H2,1-4H3,(H,27,30)(H,31,34)(H,32,35). The first kappa shape index (κ1) is 25.8. The molecule has 4 N–H and O–H groups in total. The van der Waals surface area contributed by atoms with Crippen LogP contribution in [0.3, 0.4) is 0 Å². The molecule has 0 aliphatic heterocycles. The molecule has 3 aromatic heterocycles. The third-order valence-electron chi connectivity index (χ3n) is 6.15. The fourth-order valence-corrected chi connectivity index (χ4v) is 4.40. The van der Waals surface area contributed by atoms with Crippen molar-refractivity contribution in [3.63, 3.8) is 0 Å². The van der Waals surface area contributed by atoms with Gasteiger partial charge in [-0.3, -0.25) is 14.6 Å². The van der Waals surface area contributed by atoms with Crippen molar-refractivity contribution in [3.05, 3.63) is 41.4 Å². The van der Waals surface area contributed by atoms with Gasteiger partial charge in [0.05, 0.1) is 39.9 Å². The molecular weight excluding hydrogens is 482 g/mol. The molecule has 1 saturated carbocycles. The van der Waals surface area contributed by atoms with Crippen molar-refractivity contribution in [2.75, 3.05) is 5.32 Å². The average molecular weight is 514 g/mol. The molecule has 1 fully saturated rings. The lowest BCUT2D eigenvalue weighted by atomic mass is 9.90. The van der Waals surface area contributed by atoms with Crippen molar-refractivity contribution < 1.29 is 14.7 Å². The summed E-state index contributed by atoms with van der Waals surface area (Å²) in [5.41, 5.74) is 1.72. The Kier molecular flexibility index (Phi) is 7.46. The SMILES string of the molecule is CC(C)Nc1cc(-c2cnn3cc(Cl)cnc23)ncc1C(=O)NC1CCC(NC(=O)C(C)(C)O)CC1. The largest absolute Gasteiger partial charge is 0.382 e. The fourth-order valence-electron chi connectivity index (χ4n) is 4.25. The van der Waals surface area contributed by atoms with Gasteiger partial charge in [-0.25, -0.2) is 9.50 Å². The van der Waals surface area contributed by atoms with E-state index in [1.807, 2.05) is 19.9 Å². The number of carbonyl (C=O) groups is 2. The zero-order chi connectivity index (χ0) is 26.0. The van der Waals surface area contributed by atoms with E-state index >= 15 is 0 Å². The fraction of sp³-hybridized carbons (Fsp3) is 0.480. The van der Waals surface area contributed by atoms with Crippen LogP contribution < -0.4 is 16.0 Å². The molecule has 0 atom stereocenters. The molecule has 0 unspecified atom stereocenters. The number of rotatable bonds is 7. The predicted molar refractivity (Wildman–Crippen MR) is 138 cm³/mol. The van der Waals surface area contributed by atoms with Gasteiger partial charge in [0.25, 0.3) is 11.8 Å². The van der Waals surface area contributed by atoms with Crippen LogP contribution in [0.5, 0.6) is 0 Å². The number of carbonyl (C=O) groups excluding carboxylic acids is 2. The first-order valence-electron chi connectivity index (χ1n) is 12.1. The Morgan fingerprint density at radius 2 is 1.75 bits per heavy atom. The van der Waals surface area contributed by atoms with Crippen LogP contribution in [0.2, 0.25) is 5.02 Å². The average Bonchev–Trinajstić information content (AvgIpc) is 3.22. The Morgan fingerprint density at radius 1 is 1.08 bits per heavy atom. The highest BCUT2D eigenvalue weighted by Gasteiger charge is 2.29. The Bertz CT molecular complexity index is 1260. The van der Waals surface area contributed by atoms with Crippen LogP contribution in [0.25, 0.3) is 16.9 Å². The maximum atomic E-state index is 13.2. The Morgan fingerprint density at radius 3 is 2.39 bits per heavy atom. The maximum Gasteiger partial charge on any atom is 0.255 e. The third kappa shape index (κ3) is 5.93. The van der Waals surface area contributed by atoms with Gasteiger partial charge in [-0.15, -0.1) is 0 Å². The number of hydrogen-bond acceptors (Lipinski definition) is 7. The summed E-state index contributed by atoms with van der Waals surface area (Å²) in [5.74, 6) is -0.582. The second-order valence-corrected chi connectivity index (χ2v) is 10.5. The van der Waals surface area contributed by atoms with Crippen molar-refractivity contribution >= 4 is 34.7 Å². The highest BCUT2D eigenvalue weighted by Crippen LogP contribution is 2.28. The molecule has 1 aliphatic carbocycles. The second kappa shape index (κ2) is 10.4. The lowest BCUT2D eigenvalue weighted by Crippen LogP contribution is -2.49. The molecule has 0 aromatic carbocycles. The number of hydrogen-bond donors (Lipinski definition) is 4. The molecule has 3 aromatic rings.